The summed E-state index contributed by atoms with van der Waals surface area (Å²) in [5.41, 5.74) is 1.09. The van der Waals surface area contributed by atoms with Gasteiger partial charge in [0, 0.05) is 0 Å². The number of carbonyl (C=O) groups is 1. The zero-order chi connectivity index (χ0) is 11.0. The molecule has 15 heavy (non-hydrogen) atoms. The van der Waals surface area contributed by atoms with Crippen molar-refractivity contribution in [2.75, 3.05) is 0 Å². The van der Waals surface area contributed by atoms with Crippen LogP contribution in [0.25, 0.3) is 10.2 Å². The lowest BCUT2D eigenvalue weighted by atomic mass is 10.1. The van der Waals surface area contributed by atoms with Gasteiger partial charge in [-0.3, -0.25) is 0 Å². The lowest BCUT2D eigenvalue weighted by molar-refractivity contribution is -0.146. The van der Waals surface area contributed by atoms with Crippen molar-refractivity contribution in [2.24, 2.45) is 0 Å². The zero-order valence-electron chi connectivity index (χ0n) is 7.97. The molecule has 0 amide bonds. The monoisotopic (exact) mass is 223 g/mol. The second-order valence-electron chi connectivity index (χ2n) is 3.20. The number of hydrogen-bond donors (Lipinski definition) is 2. The molecule has 5 heteroatoms. The van der Waals surface area contributed by atoms with Gasteiger partial charge in [0.2, 0.25) is 0 Å². The molecule has 1 unspecified atom stereocenters. The summed E-state index contributed by atoms with van der Waals surface area (Å²) in [6, 6.07) is 5.00. The standard InChI is InChI=1S/C10H9NO3S/c1-5-11-7-4-6(9(12)10(13)14)2-3-8(7)15-5/h2-4,9,12H,1H3,(H,13,14). The normalized spacial score (nSPS) is 12.9. The number of aliphatic hydroxyl groups is 1. The zero-order valence-corrected chi connectivity index (χ0v) is 8.78. The lowest BCUT2D eigenvalue weighted by Crippen LogP contribution is -2.10. The van der Waals surface area contributed by atoms with Crippen LogP contribution in [0.15, 0.2) is 18.2 Å². The van der Waals surface area contributed by atoms with E-state index in [1.807, 2.05) is 6.92 Å². The fourth-order valence-electron chi connectivity index (χ4n) is 1.37. The Morgan fingerprint density at radius 2 is 2.27 bits per heavy atom. The number of aromatic nitrogens is 1. The van der Waals surface area contributed by atoms with E-state index < -0.39 is 12.1 Å². The minimum Gasteiger partial charge on any atom is -0.479 e. The van der Waals surface area contributed by atoms with Crippen molar-refractivity contribution in [3.05, 3.63) is 28.8 Å². The number of nitrogens with zero attached hydrogens (tertiary/aromatic N) is 1. The molecular formula is C10H9NO3S. The molecule has 4 nitrogen and oxygen atoms in total. The first kappa shape index (κ1) is 10.1. The Kier molecular flexibility index (Phi) is 2.42. The number of aliphatic carboxylic acids is 1. The quantitative estimate of drug-likeness (QED) is 0.813. The Hall–Kier alpha value is -1.46. The van der Waals surface area contributed by atoms with Gasteiger partial charge in [0.05, 0.1) is 15.2 Å². The predicted octanol–water partition coefficient (Wildman–Crippen LogP) is 1.72. The number of aliphatic hydroxyl groups excluding tert-OH is 1. The number of hydrogen-bond acceptors (Lipinski definition) is 4. The van der Waals surface area contributed by atoms with E-state index in [0.29, 0.717) is 5.56 Å². The van der Waals surface area contributed by atoms with Gasteiger partial charge in [-0.1, -0.05) is 6.07 Å². The van der Waals surface area contributed by atoms with Crippen LogP contribution in [-0.4, -0.2) is 21.2 Å². The van der Waals surface area contributed by atoms with Crippen LogP contribution in [0.4, 0.5) is 0 Å². The third-order valence-electron chi connectivity index (χ3n) is 2.07. The summed E-state index contributed by atoms with van der Waals surface area (Å²) in [6.07, 6.45) is -1.48. The average molecular weight is 223 g/mol. The van der Waals surface area contributed by atoms with Gasteiger partial charge < -0.3 is 10.2 Å². The van der Waals surface area contributed by atoms with Crippen molar-refractivity contribution < 1.29 is 15.0 Å². The van der Waals surface area contributed by atoms with E-state index in [-0.39, 0.29) is 0 Å². The van der Waals surface area contributed by atoms with Crippen molar-refractivity contribution in [3.8, 4) is 0 Å². The van der Waals surface area contributed by atoms with E-state index in [0.717, 1.165) is 15.2 Å². The second-order valence-corrected chi connectivity index (χ2v) is 4.44. The molecule has 2 aromatic rings. The number of rotatable bonds is 2. The number of benzene rings is 1. The first-order valence-electron chi connectivity index (χ1n) is 4.36. The number of aryl methyl sites for hydroxylation is 1. The smallest absolute Gasteiger partial charge is 0.337 e. The van der Waals surface area contributed by atoms with Crippen molar-refractivity contribution in [3.63, 3.8) is 0 Å². The average Bonchev–Trinajstić information content (AvgIpc) is 2.55. The van der Waals surface area contributed by atoms with Gasteiger partial charge in [0.1, 0.15) is 0 Å². The Balaban J connectivity index is 2.50. The van der Waals surface area contributed by atoms with Crippen LogP contribution in [0.1, 0.15) is 16.7 Å². The van der Waals surface area contributed by atoms with Crippen LogP contribution >= 0.6 is 11.3 Å². The molecule has 0 saturated carbocycles. The molecule has 2 N–H and O–H groups in total. The Labute approximate surface area is 89.8 Å². The van der Waals surface area contributed by atoms with Crippen LogP contribution in [0.5, 0.6) is 0 Å². The van der Waals surface area contributed by atoms with E-state index in [1.54, 1.807) is 29.5 Å². The maximum Gasteiger partial charge on any atom is 0.337 e. The van der Waals surface area contributed by atoms with Crippen LogP contribution in [0.2, 0.25) is 0 Å². The number of carboxylic acids is 1. The summed E-state index contributed by atoms with van der Waals surface area (Å²) in [5.74, 6) is -1.25. The van der Waals surface area contributed by atoms with Gasteiger partial charge in [-0.15, -0.1) is 11.3 Å². The second kappa shape index (κ2) is 3.60. The highest BCUT2D eigenvalue weighted by Gasteiger charge is 2.16. The fourth-order valence-corrected chi connectivity index (χ4v) is 2.18. The van der Waals surface area contributed by atoms with Gasteiger partial charge in [-0.25, -0.2) is 9.78 Å². The molecule has 0 bridgehead atoms. The molecule has 1 heterocycles. The Bertz CT molecular complexity index is 520. The molecule has 2 rings (SSSR count). The maximum absolute atomic E-state index is 10.6. The minimum absolute atomic E-state index is 0.361. The molecule has 1 atom stereocenters. The summed E-state index contributed by atoms with van der Waals surface area (Å²) in [7, 11) is 0. The molecular weight excluding hydrogens is 214 g/mol. The maximum atomic E-state index is 10.6. The fraction of sp³-hybridized carbons (Fsp3) is 0.200. The summed E-state index contributed by atoms with van der Waals surface area (Å²) in [4.78, 5) is 14.8. The van der Waals surface area contributed by atoms with E-state index in [9.17, 15) is 9.90 Å². The Morgan fingerprint density at radius 1 is 1.53 bits per heavy atom. The van der Waals surface area contributed by atoms with Crippen molar-refractivity contribution >= 4 is 27.5 Å². The van der Waals surface area contributed by atoms with Crippen molar-refractivity contribution in [1.29, 1.82) is 0 Å². The van der Waals surface area contributed by atoms with Crippen LogP contribution in [0, 0.1) is 6.92 Å². The molecule has 0 radical (unpaired) electrons. The molecule has 0 saturated heterocycles. The molecule has 0 spiro atoms. The number of carboxylic acid groups (broad SMARTS) is 1. The lowest BCUT2D eigenvalue weighted by Gasteiger charge is -2.04. The van der Waals surface area contributed by atoms with Crippen molar-refractivity contribution in [1.82, 2.24) is 4.98 Å². The third-order valence-corrected chi connectivity index (χ3v) is 3.02. The first-order valence-corrected chi connectivity index (χ1v) is 5.17. The largest absolute Gasteiger partial charge is 0.479 e. The summed E-state index contributed by atoms with van der Waals surface area (Å²) in [6.45, 7) is 1.89. The summed E-state index contributed by atoms with van der Waals surface area (Å²) in [5, 5.41) is 18.9. The molecule has 0 fully saturated rings. The molecule has 78 valence electrons. The van der Waals surface area contributed by atoms with E-state index in [1.165, 1.54) is 0 Å². The van der Waals surface area contributed by atoms with Gasteiger partial charge in [-0.05, 0) is 24.6 Å². The van der Waals surface area contributed by atoms with Crippen LogP contribution in [-0.2, 0) is 4.79 Å². The van der Waals surface area contributed by atoms with Crippen LogP contribution < -0.4 is 0 Å². The summed E-state index contributed by atoms with van der Waals surface area (Å²) < 4.78 is 0.994. The topological polar surface area (TPSA) is 70.4 Å². The molecule has 0 aliphatic rings. The Morgan fingerprint density at radius 3 is 2.93 bits per heavy atom. The van der Waals surface area contributed by atoms with E-state index >= 15 is 0 Å². The van der Waals surface area contributed by atoms with Crippen molar-refractivity contribution in [2.45, 2.75) is 13.0 Å². The number of fused-ring (bicyclic) bond motifs is 1. The molecule has 0 aliphatic heterocycles. The SMILES string of the molecule is Cc1nc2cc(C(O)C(=O)O)ccc2s1. The van der Waals surface area contributed by atoms with Crippen LogP contribution in [0.3, 0.4) is 0 Å². The van der Waals surface area contributed by atoms with Gasteiger partial charge >= 0.3 is 5.97 Å². The highest BCUT2D eigenvalue weighted by atomic mass is 32.1. The molecule has 0 aliphatic carbocycles. The van der Waals surface area contributed by atoms with Gasteiger partial charge in [0.25, 0.3) is 0 Å². The molecule has 1 aromatic carbocycles. The minimum atomic E-state index is -1.48. The summed E-state index contributed by atoms with van der Waals surface area (Å²) >= 11 is 1.54. The van der Waals surface area contributed by atoms with Gasteiger partial charge in [-0.2, -0.15) is 0 Å². The van der Waals surface area contributed by atoms with Gasteiger partial charge in [0.15, 0.2) is 6.10 Å². The number of thiazole rings is 1. The van der Waals surface area contributed by atoms with E-state index in [4.69, 9.17) is 5.11 Å². The highest BCUT2D eigenvalue weighted by molar-refractivity contribution is 7.18. The highest BCUT2D eigenvalue weighted by Crippen LogP contribution is 2.24. The third kappa shape index (κ3) is 1.84. The predicted molar refractivity (Wildman–Crippen MR) is 57.0 cm³/mol. The first-order chi connectivity index (χ1) is 7.08. The van der Waals surface area contributed by atoms with E-state index in [2.05, 4.69) is 4.98 Å². The molecule has 1 aromatic heterocycles.